The summed E-state index contributed by atoms with van der Waals surface area (Å²) < 4.78 is 5.17. The van der Waals surface area contributed by atoms with E-state index in [1.165, 1.54) is 0 Å². The fraction of sp³-hybridized carbons (Fsp3) is 0.826. The lowest BCUT2D eigenvalue weighted by Crippen LogP contribution is -2.59. The van der Waals surface area contributed by atoms with Gasteiger partial charge >= 0.3 is 5.97 Å². The van der Waals surface area contributed by atoms with Crippen molar-refractivity contribution in [2.24, 2.45) is 28.6 Å². The van der Waals surface area contributed by atoms with E-state index in [9.17, 15) is 19.8 Å². The van der Waals surface area contributed by atoms with E-state index in [1.54, 1.807) is 6.08 Å². The molecular weight excluding hydrogens is 356 g/mol. The summed E-state index contributed by atoms with van der Waals surface area (Å²) in [5, 5.41) is 22.0. The Balaban J connectivity index is 1.66. The van der Waals surface area contributed by atoms with E-state index in [2.05, 4.69) is 13.8 Å². The van der Waals surface area contributed by atoms with Gasteiger partial charge in [-0.05, 0) is 74.7 Å². The van der Waals surface area contributed by atoms with Crippen molar-refractivity contribution < 1.29 is 24.5 Å². The lowest BCUT2D eigenvalue weighted by Gasteiger charge is -2.58. The standard InChI is InChI=1S/C23H34O5/c1-3-17-19(22(14-24)9-4-16(25)5-10-22)6-8-21(2)18(7-11-23(17,21)27)15-12-20(26)28-13-15/h12,14,16-19,25,27H,3-11,13H2,1-2H3. The quantitative estimate of drug-likeness (QED) is 0.569. The number of carbonyl (C=O) groups is 2. The second kappa shape index (κ2) is 6.94. The molecule has 28 heavy (non-hydrogen) atoms. The van der Waals surface area contributed by atoms with Crippen LogP contribution in [0.5, 0.6) is 0 Å². The van der Waals surface area contributed by atoms with Crippen LogP contribution in [0, 0.1) is 28.6 Å². The summed E-state index contributed by atoms with van der Waals surface area (Å²) in [5.41, 5.74) is -0.501. The predicted octanol–water partition coefficient (Wildman–Crippen LogP) is 3.17. The van der Waals surface area contributed by atoms with Gasteiger partial charge in [-0.25, -0.2) is 4.79 Å². The Morgan fingerprint density at radius 1 is 1.18 bits per heavy atom. The van der Waals surface area contributed by atoms with E-state index in [0.717, 1.165) is 50.4 Å². The molecule has 2 N–H and O–H groups in total. The van der Waals surface area contributed by atoms with Gasteiger partial charge in [-0.15, -0.1) is 0 Å². The first-order valence-corrected chi connectivity index (χ1v) is 11.0. The van der Waals surface area contributed by atoms with Crippen molar-refractivity contribution in [1.82, 2.24) is 0 Å². The maximum atomic E-state index is 12.3. The largest absolute Gasteiger partial charge is 0.458 e. The third-order valence-electron chi connectivity index (χ3n) is 9.08. The zero-order chi connectivity index (χ0) is 20.2. The van der Waals surface area contributed by atoms with Crippen LogP contribution in [0.3, 0.4) is 0 Å². The third-order valence-corrected chi connectivity index (χ3v) is 9.08. The second-order valence-electron chi connectivity index (χ2n) is 10.0. The number of rotatable bonds is 4. The van der Waals surface area contributed by atoms with Crippen LogP contribution in [0.1, 0.15) is 71.6 Å². The number of hydrogen-bond donors (Lipinski definition) is 2. The van der Waals surface area contributed by atoms with Gasteiger partial charge in [-0.1, -0.05) is 20.3 Å². The molecule has 156 valence electrons. The van der Waals surface area contributed by atoms with Gasteiger partial charge in [0.05, 0.1) is 11.7 Å². The number of hydrogen-bond acceptors (Lipinski definition) is 5. The molecule has 0 bridgehead atoms. The molecule has 0 amide bonds. The van der Waals surface area contributed by atoms with Crippen LogP contribution in [-0.2, 0) is 14.3 Å². The SMILES string of the molecule is CCC1C(C2(C=O)CCC(O)CC2)CCC2(C)C(C3=CC(=O)OC3)CCC12O. The lowest BCUT2D eigenvalue weighted by atomic mass is 9.48. The first-order chi connectivity index (χ1) is 13.3. The predicted molar refractivity (Wildman–Crippen MR) is 104 cm³/mol. The summed E-state index contributed by atoms with van der Waals surface area (Å²) >= 11 is 0. The highest BCUT2D eigenvalue weighted by Gasteiger charge is 2.66. The Labute approximate surface area is 167 Å². The van der Waals surface area contributed by atoms with Gasteiger partial charge in [-0.2, -0.15) is 0 Å². The first kappa shape index (κ1) is 20.1. The molecule has 0 aromatic heterocycles. The fourth-order valence-corrected chi connectivity index (χ4v) is 7.47. The maximum Gasteiger partial charge on any atom is 0.331 e. The van der Waals surface area contributed by atoms with E-state index < -0.39 is 11.0 Å². The number of cyclic esters (lactones) is 1. The van der Waals surface area contributed by atoms with Crippen LogP contribution in [0.25, 0.3) is 0 Å². The summed E-state index contributed by atoms with van der Waals surface area (Å²) in [6.07, 6.45) is 9.49. The number of aliphatic hydroxyl groups excluding tert-OH is 1. The first-order valence-electron chi connectivity index (χ1n) is 11.0. The highest BCUT2D eigenvalue weighted by Crippen LogP contribution is 2.66. The molecule has 1 aliphatic heterocycles. The lowest BCUT2D eigenvalue weighted by molar-refractivity contribution is -0.182. The van der Waals surface area contributed by atoms with Crippen molar-refractivity contribution in [3.8, 4) is 0 Å². The minimum Gasteiger partial charge on any atom is -0.458 e. The molecule has 5 unspecified atom stereocenters. The molecule has 0 radical (unpaired) electrons. The van der Waals surface area contributed by atoms with E-state index in [-0.39, 0.29) is 35.2 Å². The molecule has 0 spiro atoms. The Bertz CT molecular complexity index is 676. The molecule has 0 aromatic carbocycles. The topological polar surface area (TPSA) is 83.8 Å². The summed E-state index contributed by atoms with van der Waals surface area (Å²) in [4.78, 5) is 23.9. The zero-order valence-corrected chi connectivity index (χ0v) is 17.2. The number of ether oxygens (including phenoxy) is 1. The van der Waals surface area contributed by atoms with Crippen molar-refractivity contribution in [3.05, 3.63) is 11.6 Å². The Morgan fingerprint density at radius 2 is 1.89 bits per heavy atom. The van der Waals surface area contributed by atoms with E-state index in [0.29, 0.717) is 25.9 Å². The summed E-state index contributed by atoms with van der Waals surface area (Å²) in [7, 11) is 0. The molecule has 4 rings (SSSR count). The summed E-state index contributed by atoms with van der Waals surface area (Å²) in [6.45, 7) is 4.67. The monoisotopic (exact) mass is 390 g/mol. The highest BCUT2D eigenvalue weighted by atomic mass is 16.5. The molecule has 3 saturated carbocycles. The molecule has 5 heteroatoms. The molecule has 5 nitrogen and oxygen atoms in total. The van der Waals surface area contributed by atoms with E-state index >= 15 is 0 Å². The average Bonchev–Trinajstić information content (AvgIpc) is 3.22. The third kappa shape index (κ3) is 2.72. The summed E-state index contributed by atoms with van der Waals surface area (Å²) in [6, 6.07) is 0. The number of esters is 1. The van der Waals surface area contributed by atoms with Crippen molar-refractivity contribution in [1.29, 1.82) is 0 Å². The molecule has 4 aliphatic rings. The van der Waals surface area contributed by atoms with Gasteiger partial charge < -0.3 is 19.7 Å². The highest BCUT2D eigenvalue weighted by molar-refractivity contribution is 5.85. The van der Waals surface area contributed by atoms with Gasteiger partial charge in [-0.3, -0.25) is 0 Å². The minimum absolute atomic E-state index is 0.0651. The fourth-order valence-electron chi connectivity index (χ4n) is 7.47. The van der Waals surface area contributed by atoms with Crippen LogP contribution >= 0.6 is 0 Å². The number of fused-ring (bicyclic) bond motifs is 1. The van der Waals surface area contributed by atoms with Crippen LogP contribution in [0.4, 0.5) is 0 Å². The molecule has 0 saturated heterocycles. The molecule has 0 aromatic rings. The van der Waals surface area contributed by atoms with Gasteiger partial charge in [0.2, 0.25) is 0 Å². The second-order valence-corrected chi connectivity index (χ2v) is 10.0. The van der Waals surface area contributed by atoms with Crippen LogP contribution in [0.15, 0.2) is 11.6 Å². The van der Waals surface area contributed by atoms with Crippen molar-refractivity contribution >= 4 is 12.3 Å². The van der Waals surface area contributed by atoms with Crippen LogP contribution < -0.4 is 0 Å². The molecule has 5 atom stereocenters. The zero-order valence-electron chi connectivity index (χ0n) is 17.2. The van der Waals surface area contributed by atoms with E-state index in [1.807, 2.05) is 0 Å². The molecule has 1 heterocycles. The van der Waals surface area contributed by atoms with E-state index in [4.69, 9.17) is 4.74 Å². The Kier molecular flexibility index (Phi) is 4.98. The average molecular weight is 391 g/mol. The Morgan fingerprint density at radius 3 is 2.46 bits per heavy atom. The van der Waals surface area contributed by atoms with Crippen LogP contribution in [-0.4, -0.2) is 40.8 Å². The number of aliphatic hydroxyl groups is 2. The Hall–Kier alpha value is -1.20. The van der Waals surface area contributed by atoms with Crippen molar-refractivity contribution in [2.45, 2.75) is 83.3 Å². The van der Waals surface area contributed by atoms with Crippen molar-refractivity contribution in [3.63, 3.8) is 0 Å². The smallest absolute Gasteiger partial charge is 0.331 e. The van der Waals surface area contributed by atoms with Crippen molar-refractivity contribution in [2.75, 3.05) is 6.61 Å². The number of carbonyl (C=O) groups excluding carboxylic acids is 2. The van der Waals surface area contributed by atoms with Gasteiger partial charge in [0.25, 0.3) is 0 Å². The van der Waals surface area contributed by atoms with Gasteiger partial charge in [0.1, 0.15) is 12.9 Å². The van der Waals surface area contributed by atoms with Gasteiger partial charge in [0, 0.05) is 16.9 Å². The normalized spacial score (nSPS) is 48.7. The summed E-state index contributed by atoms with van der Waals surface area (Å²) in [5.74, 6) is 0.125. The maximum absolute atomic E-state index is 12.3. The molecule has 3 fully saturated rings. The molecular formula is C23H34O5. The van der Waals surface area contributed by atoms with Crippen LogP contribution in [0.2, 0.25) is 0 Å². The number of aldehydes is 1. The van der Waals surface area contributed by atoms with Gasteiger partial charge in [0.15, 0.2) is 0 Å². The minimum atomic E-state index is -0.826. The molecule has 3 aliphatic carbocycles.